The van der Waals surface area contributed by atoms with Crippen molar-refractivity contribution in [3.05, 3.63) is 158 Å². The van der Waals surface area contributed by atoms with Crippen LogP contribution in [0.3, 0.4) is 0 Å². The molecule has 2 aliphatic rings. The van der Waals surface area contributed by atoms with Gasteiger partial charge in [0, 0.05) is 40.6 Å². The zero-order chi connectivity index (χ0) is 33.7. The molecule has 1 aliphatic heterocycles. The number of carbonyl (C=O) groups is 1. The van der Waals surface area contributed by atoms with E-state index in [1.54, 1.807) is 28.0 Å². The van der Waals surface area contributed by atoms with Crippen molar-refractivity contribution in [1.29, 1.82) is 0 Å². The van der Waals surface area contributed by atoms with Crippen molar-refractivity contribution in [2.24, 2.45) is 0 Å². The Balaban J connectivity index is 1.28. The number of hydrogen-bond donors (Lipinski definition) is 1. The van der Waals surface area contributed by atoms with Gasteiger partial charge in [0.25, 0.3) is 0 Å². The van der Waals surface area contributed by atoms with Crippen LogP contribution in [0.4, 0.5) is 8.78 Å². The maximum Gasteiger partial charge on any atom is 0.387 e. The molecule has 1 saturated carbocycles. The van der Waals surface area contributed by atoms with Gasteiger partial charge in [0.2, 0.25) is 5.43 Å². The smallest absolute Gasteiger partial charge is 0.387 e. The summed E-state index contributed by atoms with van der Waals surface area (Å²) in [6, 6.07) is 36.7. The van der Waals surface area contributed by atoms with Gasteiger partial charge in [-0.05, 0) is 59.7 Å². The van der Waals surface area contributed by atoms with E-state index in [9.17, 15) is 23.5 Å². The van der Waals surface area contributed by atoms with Gasteiger partial charge in [-0.1, -0.05) is 91.0 Å². The third-order valence-corrected chi connectivity index (χ3v) is 11.0. The summed E-state index contributed by atoms with van der Waals surface area (Å²) in [5.41, 5.74) is 3.49. The number of aromatic carboxylic acids is 1. The minimum Gasteiger partial charge on any atom is -0.477 e. The van der Waals surface area contributed by atoms with E-state index in [-0.39, 0.29) is 28.3 Å². The molecular formula is C40H32F2N2O4S. The van der Waals surface area contributed by atoms with Crippen LogP contribution in [0.5, 0.6) is 5.75 Å². The summed E-state index contributed by atoms with van der Waals surface area (Å²) in [5.74, 6) is -1.45. The van der Waals surface area contributed by atoms with Crippen LogP contribution < -0.4 is 10.2 Å². The van der Waals surface area contributed by atoms with Crippen LogP contribution in [0.15, 0.2) is 120 Å². The topological polar surface area (TPSA) is 71.8 Å². The zero-order valence-electron chi connectivity index (χ0n) is 26.4. The van der Waals surface area contributed by atoms with E-state index in [0.29, 0.717) is 12.1 Å². The quantitative estimate of drug-likeness (QED) is 0.155. The Morgan fingerprint density at radius 1 is 0.878 bits per heavy atom. The number of ether oxygens (including phenoxy) is 1. The molecule has 3 heterocycles. The summed E-state index contributed by atoms with van der Waals surface area (Å²) >= 11 is 1.55. The summed E-state index contributed by atoms with van der Waals surface area (Å²) in [6.45, 7) is -1.78. The molecule has 246 valence electrons. The first-order chi connectivity index (χ1) is 23.9. The van der Waals surface area contributed by atoms with Gasteiger partial charge < -0.3 is 14.4 Å². The first kappa shape index (κ1) is 31.2. The largest absolute Gasteiger partial charge is 0.477 e. The van der Waals surface area contributed by atoms with E-state index in [4.69, 9.17) is 4.74 Å². The van der Waals surface area contributed by atoms with Crippen molar-refractivity contribution in [1.82, 2.24) is 9.47 Å². The summed E-state index contributed by atoms with van der Waals surface area (Å²) in [6.07, 6.45) is 3.54. The standard InChI is InChI=1S/C40H32F2N2O4S/c41-39(42)48-37-30(18-19-31-35(37)44(29-16-17-29)24-32(36(31)45)38(46)47)34-22-25-23-43(21-20-33(25)49-34)40(26-10-4-1-5-11-26,27-12-6-2-7-13-27)28-14-8-3-9-15-28/h1-15,18-19,22,24,29,39H,16-17,20-21,23H2,(H,46,47). The number of pyridine rings is 1. The van der Waals surface area contributed by atoms with E-state index in [1.165, 1.54) is 11.1 Å². The molecule has 1 aliphatic carbocycles. The molecule has 6 aromatic rings. The number of hydrogen-bond acceptors (Lipinski definition) is 5. The number of benzene rings is 4. The number of rotatable bonds is 9. The Kier molecular flexibility index (Phi) is 7.89. The van der Waals surface area contributed by atoms with Gasteiger partial charge in [-0.25, -0.2) is 4.79 Å². The van der Waals surface area contributed by atoms with Crippen LogP contribution in [0, 0.1) is 0 Å². The second-order valence-corrected chi connectivity index (χ2v) is 13.7. The number of thiophene rings is 1. The second-order valence-electron chi connectivity index (χ2n) is 12.6. The number of nitrogens with zero attached hydrogens (tertiary/aromatic N) is 2. The van der Waals surface area contributed by atoms with Crippen molar-refractivity contribution >= 4 is 28.2 Å². The predicted molar refractivity (Wildman–Crippen MR) is 187 cm³/mol. The molecule has 49 heavy (non-hydrogen) atoms. The number of carboxylic acids is 1. The maximum absolute atomic E-state index is 14.1. The fourth-order valence-corrected chi connectivity index (χ4v) is 8.64. The molecule has 0 bridgehead atoms. The molecule has 0 saturated heterocycles. The van der Waals surface area contributed by atoms with Crippen LogP contribution in [0.25, 0.3) is 21.3 Å². The van der Waals surface area contributed by atoms with Crippen molar-refractivity contribution < 1.29 is 23.4 Å². The van der Waals surface area contributed by atoms with E-state index in [0.717, 1.165) is 52.9 Å². The van der Waals surface area contributed by atoms with Gasteiger partial charge in [0.15, 0.2) is 5.75 Å². The number of halogens is 2. The molecule has 9 heteroatoms. The minimum atomic E-state index is -3.14. The Labute approximate surface area is 285 Å². The number of alkyl halides is 2. The highest BCUT2D eigenvalue weighted by atomic mass is 32.1. The fourth-order valence-electron chi connectivity index (χ4n) is 7.45. The van der Waals surface area contributed by atoms with Crippen molar-refractivity contribution in [3.8, 4) is 16.2 Å². The molecular weight excluding hydrogens is 643 g/mol. The van der Waals surface area contributed by atoms with Crippen molar-refractivity contribution in [3.63, 3.8) is 0 Å². The SMILES string of the molecule is O=C(O)c1cn(C2CC2)c2c(OC(F)F)c(-c3cc4c(s3)CCN(C(c3ccccc3)(c3ccccc3)c3ccccc3)C4)ccc2c1=O. The van der Waals surface area contributed by atoms with Crippen molar-refractivity contribution in [2.45, 2.75) is 44.0 Å². The van der Waals surface area contributed by atoms with Crippen molar-refractivity contribution in [2.75, 3.05) is 6.54 Å². The predicted octanol–water partition coefficient (Wildman–Crippen LogP) is 8.71. The average Bonchev–Trinajstić information content (AvgIpc) is 3.88. The van der Waals surface area contributed by atoms with Gasteiger partial charge in [-0.15, -0.1) is 11.3 Å². The second kappa shape index (κ2) is 12.4. The third-order valence-electron chi connectivity index (χ3n) is 9.71. The molecule has 0 atom stereocenters. The summed E-state index contributed by atoms with van der Waals surface area (Å²) < 4.78 is 35.0. The van der Waals surface area contributed by atoms with E-state index < -0.39 is 23.5 Å². The fraction of sp³-hybridized carbons (Fsp3) is 0.200. The maximum atomic E-state index is 14.1. The molecule has 6 nitrogen and oxygen atoms in total. The monoisotopic (exact) mass is 674 g/mol. The molecule has 2 aromatic heterocycles. The molecule has 0 spiro atoms. The molecule has 8 rings (SSSR count). The Bertz CT molecular complexity index is 2140. The molecule has 0 unspecified atom stereocenters. The van der Waals surface area contributed by atoms with E-state index >= 15 is 0 Å². The number of carboxylic acid groups (broad SMARTS) is 1. The number of aromatic nitrogens is 1. The molecule has 4 aromatic carbocycles. The first-order valence-corrected chi connectivity index (χ1v) is 17.1. The molecule has 1 fully saturated rings. The van der Waals surface area contributed by atoms with E-state index in [1.807, 2.05) is 18.2 Å². The highest BCUT2D eigenvalue weighted by Crippen LogP contribution is 2.48. The summed E-state index contributed by atoms with van der Waals surface area (Å²) in [7, 11) is 0. The Morgan fingerprint density at radius 3 is 2.00 bits per heavy atom. The Hall–Kier alpha value is -5.12. The van der Waals surface area contributed by atoms with Gasteiger partial charge in [-0.3, -0.25) is 9.69 Å². The van der Waals surface area contributed by atoms with Crippen LogP contribution >= 0.6 is 11.3 Å². The zero-order valence-corrected chi connectivity index (χ0v) is 27.2. The van der Waals surface area contributed by atoms with Crippen LogP contribution in [0.2, 0.25) is 0 Å². The Morgan fingerprint density at radius 2 is 1.47 bits per heavy atom. The lowest BCUT2D eigenvalue weighted by Gasteiger charge is -2.47. The van der Waals surface area contributed by atoms with Crippen LogP contribution in [0.1, 0.15) is 56.4 Å². The van der Waals surface area contributed by atoms with Gasteiger partial charge in [0.1, 0.15) is 5.56 Å². The molecule has 1 N–H and O–H groups in total. The molecule has 0 radical (unpaired) electrons. The summed E-state index contributed by atoms with van der Waals surface area (Å²) in [4.78, 5) is 29.6. The van der Waals surface area contributed by atoms with Crippen LogP contribution in [-0.2, 0) is 18.5 Å². The van der Waals surface area contributed by atoms with Gasteiger partial charge in [-0.2, -0.15) is 8.78 Å². The van der Waals surface area contributed by atoms with Crippen LogP contribution in [-0.4, -0.2) is 33.7 Å². The lowest BCUT2D eigenvalue weighted by molar-refractivity contribution is -0.0486. The minimum absolute atomic E-state index is 0.0528. The highest BCUT2D eigenvalue weighted by molar-refractivity contribution is 7.15. The lowest BCUT2D eigenvalue weighted by atomic mass is 9.74. The van der Waals surface area contributed by atoms with Gasteiger partial charge >= 0.3 is 12.6 Å². The van der Waals surface area contributed by atoms with E-state index in [2.05, 4.69) is 83.8 Å². The normalized spacial score (nSPS) is 15.0. The first-order valence-electron chi connectivity index (χ1n) is 16.3. The molecule has 0 amide bonds. The lowest BCUT2D eigenvalue weighted by Crippen LogP contribution is -2.49. The summed E-state index contributed by atoms with van der Waals surface area (Å²) in [5, 5.41) is 9.78. The van der Waals surface area contributed by atoms with Gasteiger partial charge in [0.05, 0.1) is 16.4 Å². The highest BCUT2D eigenvalue weighted by Gasteiger charge is 2.43. The average molecular weight is 675 g/mol. The number of fused-ring (bicyclic) bond motifs is 2. The third kappa shape index (κ3) is 5.34.